The first-order valence-electron chi connectivity index (χ1n) is 11.9. The van der Waals surface area contributed by atoms with Crippen LogP contribution in [0.15, 0.2) is 24.3 Å². The number of carbonyl (C=O) groups excluding carboxylic acids is 2. The predicted octanol–water partition coefficient (Wildman–Crippen LogP) is 4.16. The van der Waals surface area contributed by atoms with E-state index in [0.29, 0.717) is 30.8 Å². The third-order valence-electron chi connectivity index (χ3n) is 6.17. The zero-order chi connectivity index (χ0) is 24.2. The van der Waals surface area contributed by atoms with E-state index < -0.39 is 5.41 Å². The number of hydrogen-bond donors (Lipinski definition) is 2. The molecule has 1 spiro atoms. The molecule has 180 valence electrons. The van der Waals surface area contributed by atoms with E-state index in [9.17, 15) is 14.0 Å². The number of rotatable bonds is 7. The summed E-state index contributed by atoms with van der Waals surface area (Å²) in [6.07, 6.45) is 2.81. The number of nitrogens with zero attached hydrogens (tertiary/aromatic N) is 1. The molecule has 0 bridgehead atoms. The fourth-order valence-corrected chi connectivity index (χ4v) is 4.91. The van der Waals surface area contributed by atoms with Gasteiger partial charge in [-0.25, -0.2) is 4.39 Å². The molecule has 6 heteroatoms. The van der Waals surface area contributed by atoms with Gasteiger partial charge in [0.1, 0.15) is 5.82 Å². The molecule has 1 aromatic rings. The Morgan fingerprint density at radius 3 is 2.16 bits per heavy atom. The standard InChI is InChI=1S/C24H36FN3O2.C2H6/c1-22(2,3)27-20(29)14-28-15-24(16-28)11-18(12-24)13-26-21(30)23(4,5)10-17-6-8-19(25)9-7-17;1-2/h6-9,18H,10-16H2,1-5H3,(H,26,30)(H,27,29);1-2H3. The molecule has 2 N–H and O–H groups in total. The summed E-state index contributed by atoms with van der Waals surface area (Å²) in [6.45, 7) is 17.0. The molecule has 2 fully saturated rings. The highest BCUT2D eigenvalue weighted by Crippen LogP contribution is 2.51. The Balaban J connectivity index is 0.00000176. The van der Waals surface area contributed by atoms with Crippen molar-refractivity contribution in [2.75, 3.05) is 26.2 Å². The summed E-state index contributed by atoms with van der Waals surface area (Å²) < 4.78 is 13.1. The highest BCUT2D eigenvalue weighted by molar-refractivity contribution is 5.82. The topological polar surface area (TPSA) is 61.4 Å². The maximum absolute atomic E-state index is 13.1. The molecule has 0 atom stereocenters. The lowest BCUT2D eigenvalue weighted by molar-refractivity contribution is -0.136. The molecule has 2 amide bonds. The zero-order valence-corrected chi connectivity index (χ0v) is 21.0. The summed E-state index contributed by atoms with van der Waals surface area (Å²) in [5.74, 6) is 0.385. The number of amides is 2. The minimum Gasteiger partial charge on any atom is -0.355 e. The van der Waals surface area contributed by atoms with Gasteiger partial charge in [0.25, 0.3) is 0 Å². The van der Waals surface area contributed by atoms with Crippen LogP contribution >= 0.6 is 0 Å². The third-order valence-corrected chi connectivity index (χ3v) is 6.17. The Bertz CT molecular complexity index is 769. The van der Waals surface area contributed by atoms with Crippen LogP contribution in [0, 0.1) is 22.6 Å². The van der Waals surface area contributed by atoms with Gasteiger partial charge in [0.05, 0.1) is 6.54 Å². The van der Waals surface area contributed by atoms with Crippen molar-refractivity contribution in [3.8, 4) is 0 Å². The normalized spacial score (nSPS) is 18.1. The Morgan fingerprint density at radius 2 is 1.62 bits per heavy atom. The van der Waals surface area contributed by atoms with E-state index in [0.717, 1.165) is 31.5 Å². The molecule has 2 aliphatic rings. The van der Waals surface area contributed by atoms with E-state index in [4.69, 9.17) is 0 Å². The lowest BCUT2D eigenvalue weighted by Gasteiger charge is -2.59. The smallest absolute Gasteiger partial charge is 0.234 e. The maximum Gasteiger partial charge on any atom is 0.234 e. The first-order chi connectivity index (χ1) is 14.9. The van der Waals surface area contributed by atoms with Gasteiger partial charge in [-0.05, 0) is 69.1 Å². The molecule has 3 rings (SSSR count). The quantitative estimate of drug-likeness (QED) is 0.660. The molecule has 1 saturated carbocycles. The SMILES string of the molecule is CC.CC(C)(C)NC(=O)CN1CC2(CC(CNC(=O)C(C)(C)Cc3ccc(F)cc3)C2)C1. The predicted molar refractivity (Wildman–Crippen MR) is 128 cm³/mol. The van der Waals surface area contributed by atoms with Gasteiger partial charge in [-0.15, -0.1) is 0 Å². The summed E-state index contributed by atoms with van der Waals surface area (Å²) in [5.41, 5.74) is 0.585. The van der Waals surface area contributed by atoms with E-state index in [2.05, 4.69) is 15.5 Å². The number of halogens is 1. The Hall–Kier alpha value is -1.95. The van der Waals surface area contributed by atoms with Crippen LogP contribution in [0.25, 0.3) is 0 Å². The van der Waals surface area contributed by atoms with Gasteiger partial charge in [-0.1, -0.05) is 39.8 Å². The monoisotopic (exact) mass is 447 g/mol. The zero-order valence-electron chi connectivity index (χ0n) is 21.0. The highest BCUT2D eigenvalue weighted by atomic mass is 19.1. The Labute approximate surface area is 193 Å². The van der Waals surface area contributed by atoms with Gasteiger partial charge < -0.3 is 10.6 Å². The van der Waals surface area contributed by atoms with Gasteiger partial charge in [-0.2, -0.15) is 0 Å². The molecule has 32 heavy (non-hydrogen) atoms. The van der Waals surface area contributed by atoms with E-state index in [1.807, 2.05) is 48.5 Å². The van der Waals surface area contributed by atoms with Crippen molar-refractivity contribution < 1.29 is 14.0 Å². The van der Waals surface area contributed by atoms with Crippen LogP contribution in [0.5, 0.6) is 0 Å². The van der Waals surface area contributed by atoms with Crippen LogP contribution < -0.4 is 10.6 Å². The molecule has 1 aromatic carbocycles. The van der Waals surface area contributed by atoms with Crippen LogP contribution in [0.3, 0.4) is 0 Å². The maximum atomic E-state index is 13.1. The average molecular weight is 448 g/mol. The van der Waals surface area contributed by atoms with Crippen molar-refractivity contribution in [2.45, 2.75) is 73.3 Å². The summed E-state index contributed by atoms with van der Waals surface area (Å²) in [6, 6.07) is 6.35. The second-order valence-corrected chi connectivity index (χ2v) is 11.1. The van der Waals surface area contributed by atoms with Crippen molar-refractivity contribution in [2.24, 2.45) is 16.7 Å². The van der Waals surface area contributed by atoms with Crippen molar-refractivity contribution in [3.05, 3.63) is 35.6 Å². The molecule has 1 saturated heterocycles. The number of nitrogens with one attached hydrogen (secondary N) is 2. The van der Waals surface area contributed by atoms with Crippen LogP contribution in [0.1, 0.15) is 66.9 Å². The van der Waals surface area contributed by atoms with E-state index in [-0.39, 0.29) is 23.2 Å². The number of hydrogen-bond acceptors (Lipinski definition) is 3. The minimum absolute atomic E-state index is 0.0434. The molecule has 1 aliphatic heterocycles. The Kier molecular flexibility index (Phi) is 8.49. The first kappa shape index (κ1) is 26.3. The number of benzene rings is 1. The lowest BCUT2D eigenvalue weighted by atomic mass is 9.57. The lowest BCUT2D eigenvalue weighted by Crippen LogP contribution is -2.65. The van der Waals surface area contributed by atoms with Crippen molar-refractivity contribution in [3.63, 3.8) is 0 Å². The first-order valence-corrected chi connectivity index (χ1v) is 11.9. The van der Waals surface area contributed by atoms with Crippen molar-refractivity contribution in [1.82, 2.24) is 15.5 Å². The van der Waals surface area contributed by atoms with Crippen LogP contribution in [-0.4, -0.2) is 48.4 Å². The molecule has 5 nitrogen and oxygen atoms in total. The van der Waals surface area contributed by atoms with Gasteiger partial charge in [0.2, 0.25) is 11.8 Å². The molecule has 1 heterocycles. The largest absolute Gasteiger partial charge is 0.355 e. The number of carbonyl (C=O) groups is 2. The Morgan fingerprint density at radius 1 is 1.06 bits per heavy atom. The van der Waals surface area contributed by atoms with Gasteiger partial charge in [0.15, 0.2) is 0 Å². The fourth-order valence-electron chi connectivity index (χ4n) is 4.91. The molecular weight excluding hydrogens is 405 g/mol. The second kappa shape index (κ2) is 10.3. The van der Waals surface area contributed by atoms with E-state index in [1.165, 1.54) is 12.1 Å². The number of likely N-dealkylation sites (tertiary alicyclic amines) is 1. The molecule has 1 aliphatic carbocycles. The minimum atomic E-state index is -0.535. The summed E-state index contributed by atoms with van der Waals surface area (Å²) in [4.78, 5) is 26.9. The average Bonchev–Trinajstić information content (AvgIpc) is 2.63. The summed E-state index contributed by atoms with van der Waals surface area (Å²) >= 11 is 0. The molecule has 0 unspecified atom stereocenters. The van der Waals surface area contributed by atoms with Crippen LogP contribution in [0.4, 0.5) is 4.39 Å². The second-order valence-electron chi connectivity index (χ2n) is 11.1. The van der Waals surface area contributed by atoms with Crippen LogP contribution in [-0.2, 0) is 16.0 Å². The van der Waals surface area contributed by atoms with E-state index >= 15 is 0 Å². The van der Waals surface area contributed by atoms with E-state index in [1.54, 1.807) is 12.1 Å². The summed E-state index contributed by atoms with van der Waals surface area (Å²) in [7, 11) is 0. The van der Waals surface area contributed by atoms with Gasteiger partial charge >= 0.3 is 0 Å². The van der Waals surface area contributed by atoms with Gasteiger partial charge in [0, 0.05) is 30.6 Å². The highest BCUT2D eigenvalue weighted by Gasteiger charge is 2.52. The molecule has 0 aromatic heterocycles. The molecule has 0 radical (unpaired) electrons. The molecular formula is C26H42FN3O2. The van der Waals surface area contributed by atoms with Crippen molar-refractivity contribution >= 4 is 11.8 Å². The summed E-state index contributed by atoms with van der Waals surface area (Å²) in [5, 5.41) is 6.13. The van der Waals surface area contributed by atoms with Crippen LogP contribution in [0.2, 0.25) is 0 Å². The van der Waals surface area contributed by atoms with Crippen molar-refractivity contribution in [1.29, 1.82) is 0 Å². The van der Waals surface area contributed by atoms with Gasteiger partial charge in [-0.3, -0.25) is 14.5 Å². The fraction of sp³-hybridized carbons (Fsp3) is 0.692. The third kappa shape index (κ3) is 7.29.